The van der Waals surface area contributed by atoms with E-state index in [-0.39, 0.29) is 0 Å². The lowest BCUT2D eigenvalue weighted by Gasteiger charge is -2.13. The minimum atomic E-state index is 0.772. The van der Waals surface area contributed by atoms with Crippen molar-refractivity contribution in [2.75, 3.05) is 5.32 Å². The largest absolute Gasteiger partial charge is 0.380 e. The van der Waals surface area contributed by atoms with Crippen LogP contribution in [0.4, 0.5) is 5.69 Å². The Bertz CT molecular complexity index is 608. The predicted molar refractivity (Wildman–Crippen MR) is 92.1 cm³/mol. The van der Waals surface area contributed by atoms with E-state index in [1.165, 1.54) is 22.3 Å². The Morgan fingerprint density at radius 1 is 1.00 bits per heavy atom. The number of aryl methyl sites for hydroxylation is 3. The van der Waals surface area contributed by atoms with Crippen LogP contribution in [0.3, 0.4) is 0 Å². The summed E-state index contributed by atoms with van der Waals surface area (Å²) in [5, 5.41) is 4.18. The molecule has 0 atom stereocenters. The van der Waals surface area contributed by atoms with Crippen LogP contribution in [0.25, 0.3) is 0 Å². The van der Waals surface area contributed by atoms with Crippen LogP contribution in [0.1, 0.15) is 22.3 Å². The second kappa shape index (κ2) is 6.14. The lowest BCUT2D eigenvalue weighted by atomic mass is 10.0. The standard InChI is InChI=1S/C16H17ClIN/c1-10-6-12(3)13(7-11(10)2)9-19-16-5-4-14(18)8-15(16)17/h4-8,19H,9H2,1-3H3. The van der Waals surface area contributed by atoms with Gasteiger partial charge in [-0.2, -0.15) is 0 Å². The van der Waals surface area contributed by atoms with E-state index < -0.39 is 0 Å². The summed E-state index contributed by atoms with van der Waals surface area (Å²) in [5.41, 5.74) is 6.29. The molecule has 19 heavy (non-hydrogen) atoms. The van der Waals surface area contributed by atoms with Gasteiger partial charge in [-0.1, -0.05) is 23.7 Å². The second-order valence-electron chi connectivity index (χ2n) is 4.84. The smallest absolute Gasteiger partial charge is 0.0648 e. The zero-order chi connectivity index (χ0) is 14.0. The molecule has 0 unspecified atom stereocenters. The first-order valence-electron chi connectivity index (χ1n) is 6.23. The minimum Gasteiger partial charge on any atom is -0.380 e. The zero-order valence-electron chi connectivity index (χ0n) is 11.3. The number of hydrogen-bond acceptors (Lipinski definition) is 1. The molecule has 0 bridgehead atoms. The Hall–Kier alpha value is -0.740. The van der Waals surface area contributed by atoms with Gasteiger partial charge in [0.1, 0.15) is 0 Å². The molecule has 2 aromatic rings. The average molecular weight is 386 g/mol. The molecule has 0 aromatic heterocycles. The fourth-order valence-electron chi connectivity index (χ4n) is 2.03. The molecule has 2 rings (SSSR count). The SMILES string of the molecule is Cc1cc(C)c(CNc2ccc(I)cc2Cl)cc1C. The van der Waals surface area contributed by atoms with Gasteiger partial charge in [-0.05, 0) is 83.8 Å². The van der Waals surface area contributed by atoms with E-state index in [1.807, 2.05) is 12.1 Å². The molecule has 0 spiro atoms. The number of halogens is 2. The van der Waals surface area contributed by atoms with E-state index >= 15 is 0 Å². The molecule has 0 amide bonds. The highest BCUT2D eigenvalue weighted by Gasteiger charge is 2.04. The summed E-state index contributed by atoms with van der Waals surface area (Å²) in [6.07, 6.45) is 0. The Balaban J connectivity index is 2.16. The lowest BCUT2D eigenvalue weighted by molar-refractivity contribution is 1.10. The van der Waals surface area contributed by atoms with Crippen LogP contribution in [-0.4, -0.2) is 0 Å². The molecule has 1 nitrogen and oxygen atoms in total. The van der Waals surface area contributed by atoms with Crippen LogP contribution in [0.2, 0.25) is 5.02 Å². The van der Waals surface area contributed by atoms with Gasteiger partial charge in [0.05, 0.1) is 10.7 Å². The molecule has 0 saturated heterocycles. The normalized spacial score (nSPS) is 10.6. The maximum atomic E-state index is 6.22. The summed E-state index contributed by atoms with van der Waals surface area (Å²) >= 11 is 8.49. The van der Waals surface area contributed by atoms with E-state index in [0.29, 0.717) is 0 Å². The first kappa shape index (κ1) is 14.7. The Morgan fingerprint density at radius 3 is 2.37 bits per heavy atom. The van der Waals surface area contributed by atoms with Crippen molar-refractivity contribution in [3.63, 3.8) is 0 Å². The van der Waals surface area contributed by atoms with Crippen molar-refractivity contribution in [2.24, 2.45) is 0 Å². The van der Waals surface area contributed by atoms with Crippen molar-refractivity contribution < 1.29 is 0 Å². The van der Waals surface area contributed by atoms with Gasteiger partial charge in [0, 0.05) is 10.1 Å². The van der Waals surface area contributed by atoms with Crippen molar-refractivity contribution in [1.82, 2.24) is 0 Å². The van der Waals surface area contributed by atoms with Gasteiger partial charge in [-0.15, -0.1) is 0 Å². The molecule has 2 aromatic carbocycles. The Kier molecular flexibility index (Phi) is 4.74. The third-order valence-electron chi connectivity index (χ3n) is 3.35. The zero-order valence-corrected chi connectivity index (χ0v) is 14.3. The van der Waals surface area contributed by atoms with Gasteiger partial charge in [0.2, 0.25) is 0 Å². The van der Waals surface area contributed by atoms with Gasteiger partial charge >= 0.3 is 0 Å². The minimum absolute atomic E-state index is 0.772. The van der Waals surface area contributed by atoms with Crippen molar-refractivity contribution in [3.8, 4) is 0 Å². The van der Waals surface area contributed by atoms with Gasteiger partial charge in [-0.3, -0.25) is 0 Å². The fourth-order valence-corrected chi connectivity index (χ4v) is 2.96. The number of nitrogens with one attached hydrogen (secondary N) is 1. The molecule has 0 aliphatic heterocycles. The van der Waals surface area contributed by atoms with E-state index in [1.54, 1.807) is 0 Å². The van der Waals surface area contributed by atoms with E-state index in [4.69, 9.17) is 11.6 Å². The summed E-state index contributed by atoms with van der Waals surface area (Å²) in [6.45, 7) is 7.25. The van der Waals surface area contributed by atoms with Crippen molar-refractivity contribution in [3.05, 3.63) is 61.2 Å². The third-order valence-corrected chi connectivity index (χ3v) is 4.34. The molecule has 0 aliphatic rings. The number of hydrogen-bond donors (Lipinski definition) is 1. The molecule has 3 heteroatoms. The fraction of sp³-hybridized carbons (Fsp3) is 0.250. The van der Waals surface area contributed by atoms with E-state index in [9.17, 15) is 0 Å². The van der Waals surface area contributed by atoms with Crippen LogP contribution >= 0.6 is 34.2 Å². The monoisotopic (exact) mass is 385 g/mol. The summed E-state index contributed by atoms with van der Waals surface area (Å²) < 4.78 is 1.15. The Morgan fingerprint density at radius 2 is 1.68 bits per heavy atom. The first-order chi connectivity index (χ1) is 8.97. The molecule has 1 N–H and O–H groups in total. The molecule has 100 valence electrons. The molecule has 0 fully saturated rings. The molecule has 0 aliphatic carbocycles. The summed E-state index contributed by atoms with van der Waals surface area (Å²) in [5.74, 6) is 0. The lowest BCUT2D eigenvalue weighted by Crippen LogP contribution is -2.03. The highest BCUT2D eigenvalue weighted by Crippen LogP contribution is 2.25. The van der Waals surface area contributed by atoms with Crippen molar-refractivity contribution in [2.45, 2.75) is 27.3 Å². The topological polar surface area (TPSA) is 12.0 Å². The maximum Gasteiger partial charge on any atom is 0.0648 e. The molecule has 0 saturated carbocycles. The molecule has 0 heterocycles. The quantitative estimate of drug-likeness (QED) is 0.690. The van der Waals surface area contributed by atoms with E-state index in [2.05, 4.69) is 66.9 Å². The maximum absolute atomic E-state index is 6.22. The number of anilines is 1. The van der Waals surface area contributed by atoms with Crippen molar-refractivity contribution in [1.29, 1.82) is 0 Å². The Labute approximate surface area is 133 Å². The molecular weight excluding hydrogens is 369 g/mol. The summed E-state index contributed by atoms with van der Waals surface area (Å²) in [6, 6.07) is 10.5. The predicted octanol–water partition coefficient (Wildman–Crippen LogP) is 5.48. The molecular formula is C16H17ClIN. The third kappa shape index (κ3) is 3.63. The first-order valence-corrected chi connectivity index (χ1v) is 7.68. The van der Waals surface area contributed by atoms with Gasteiger partial charge in [-0.25, -0.2) is 0 Å². The highest BCUT2D eigenvalue weighted by atomic mass is 127. The number of rotatable bonds is 3. The van der Waals surface area contributed by atoms with Gasteiger partial charge in [0.15, 0.2) is 0 Å². The van der Waals surface area contributed by atoms with Crippen molar-refractivity contribution >= 4 is 39.9 Å². The van der Waals surface area contributed by atoms with Crippen LogP contribution in [-0.2, 0) is 6.54 Å². The summed E-state index contributed by atoms with van der Waals surface area (Å²) in [4.78, 5) is 0. The van der Waals surface area contributed by atoms with Gasteiger partial charge in [0.25, 0.3) is 0 Å². The van der Waals surface area contributed by atoms with Crippen LogP contribution in [0.15, 0.2) is 30.3 Å². The van der Waals surface area contributed by atoms with E-state index in [0.717, 1.165) is 20.8 Å². The van der Waals surface area contributed by atoms with Crippen LogP contribution in [0, 0.1) is 24.3 Å². The van der Waals surface area contributed by atoms with Crippen LogP contribution < -0.4 is 5.32 Å². The second-order valence-corrected chi connectivity index (χ2v) is 6.49. The average Bonchev–Trinajstić information content (AvgIpc) is 2.34. The van der Waals surface area contributed by atoms with Gasteiger partial charge < -0.3 is 5.32 Å². The molecule has 0 radical (unpaired) electrons. The highest BCUT2D eigenvalue weighted by molar-refractivity contribution is 14.1. The number of benzene rings is 2. The van der Waals surface area contributed by atoms with Crippen LogP contribution in [0.5, 0.6) is 0 Å². The summed E-state index contributed by atoms with van der Waals surface area (Å²) in [7, 11) is 0.